The van der Waals surface area contributed by atoms with E-state index in [4.69, 9.17) is 5.73 Å². The van der Waals surface area contributed by atoms with Crippen LogP contribution in [0.3, 0.4) is 0 Å². The molecular formula is C18H29N4+. The van der Waals surface area contributed by atoms with Gasteiger partial charge in [-0.05, 0) is 37.5 Å². The Balaban J connectivity index is 1.45. The second kappa shape index (κ2) is 6.71. The molecule has 0 spiro atoms. The SMILES string of the molecule is C[N+]1(CCNCCn2ccc3c(N)cccc32)CCCCC1. The molecule has 4 heteroatoms. The number of aromatic nitrogens is 1. The number of rotatable bonds is 6. The van der Waals surface area contributed by atoms with Crippen LogP contribution in [0.15, 0.2) is 30.5 Å². The minimum atomic E-state index is 0.867. The Kier molecular flexibility index (Phi) is 4.69. The lowest BCUT2D eigenvalue weighted by atomic mass is 10.1. The lowest BCUT2D eigenvalue weighted by molar-refractivity contribution is -0.912. The second-order valence-corrected chi connectivity index (χ2v) is 6.89. The van der Waals surface area contributed by atoms with E-state index in [-0.39, 0.29) is 0 Å². The Bertz CT molecular complexity index is 611. The molecule has 4 nitrogen and oxygen atoms in total. The molecule has 0 saturated carbocycles. The smallest absolute Gasteiger partial charge is 0.0911 e. The van der Waals surface area contributed by atoms with Crippen LogP contribution >= 0.6 is 0 Å². The fourth-order valence-electron chi connectivity index (χ4n) is 3.61. The first-order chi connectivity index (χ1) is 10.7. The standard InChI is InChI=1S/C18H29N4/c1-22(13-3-2-4-14-22)15-10-20-9-12-21-11-8-16-17(19)6-5-7-18(16)21/h5-8,11,20H,2-4,9-10,12-15,19H2,1H3/q+1. The molecule has 0 bridgehead atoms. The van der Waals surface area contributed by atoms with Crippen LogP contribution in [0.25, 0.3) is 10.9 Å². The van der Waals surface area contributed by atoms with Crippen molar-refractivity contribution in [2.45, 2.75) is 25.8 Å². The van der Waals surface area contributed by atoms with E-state index < -0.39 is 0 Å². The van der Waals surface area contributed by atoms with E-state index in [0.29, 0.717) is 0 Å². The van der Waals surface area contributed by atoms with Crippen LogP contribution in [0.5, 0.6) is 0 Å². The molecule has 1 fully saturated rings. The maximum atomic E-state index is 6.01. The average Bonchev–Trinajstić information content (AvgIpc) is 2.92. The van der Waals surface area contributed by atoms with Crippen molar-refractivity contribution in [1.29, 1.82) is 0 Å². The molecule has 3 N–H and O–H groups in total. The van der Waals surface area contributed by atoms with Crippen LogP contribution in [-0.4, -0.2) is 48.8 Å². The van der Waals surface area contributed by atoms with Gasteiger partial charge in [0.05, 0.1) is 32.2 Å². The van der Waals surface area contributed by atoms with E-state index >= 15 is 0 Å². The second-order valence-electron chi connectivity index (χ2n) is 6.89. The molecule has 120 valence electrons. The van der Waals surface area contributed by atoms with E-state index in [0.717, 1.165) is 30.7 Å². The number of hydrogen-bond donors (Lipinski definition) is 2. The largest absolute Gasteiger partial charge is 0.398 e. The number of nitrogens with one attached hydrogen (secondary N) is 1. The van der Waals surface area contributed by atoms with Crippen LogP contribution in [0, 0.1) is 0 Å². The summed E-state index contributed by atoms with van der Waals surface area (Å²) in [5.74, 6) is 0. The van der Waals surface area contributed by atoms with Gasteiger partial charge in [-0.3, -0.25) is 0 Å². The van der Waals surface area contributed by atoms with Gasteiger partial charge in [0.15, 0.2) is 0 Å². The third-order valence-corrected chi connectivity index (χ3v) is 5.10. The fraction of sp³-hybridized carbons (Fsp3) is 0.556. The predicted molar refractivity (Wildman–Crippen MR) is 93.9 cm³/mol. The van der Waals surface area contributed by atoms with Crippen LogP contribution in [-0.2, 0) is 6.54 Å². The van der Waals surface area contributed by atoms with Crippen molar-refractivity contribution in [2.75, 3.05) is 45.5 Å². The van der Waals surface area contributed by atoms with Crippen molar-refractivity contribution in [1.82, 2.24) is 9.88 Å². The highest BCUT2D eigenvalue weighted by Gasteiger charge is 2.23. The highest BCUT2D eigenvalue weighted by molar-refractivity contribution is 5.91. The maximum Gasteiger partial charge on any atom is 0.0911 e. The topological polar surface area (TPSA) is 43.0 Å². The predicted octanol–water partition coefficient (Wildman–Crippen LogP) is 2.44. The zero-order valence-corrected chi connectivity index (χ0v) is 13.7. The summed E-state index contributed by atoms with van der Waals surface area (Å²) in [7, 11) is 2.41. The number of nitrogen functional groups attached to an aromatic ring is 1. The molecule has 1 aromatic carbocycles. The molecule has 1 saturated heterocycles. The van der Waals surface area contributed by atoms with Gasteiger partial charge >= 0.3 is 0 Å². The van der Waals surface area contributed by atoms with Gasteiger partial charge in [0.1, 0.15) is 0 Å². The van der Waals surface area contributed by atoms with Gasteiger partial charge in [-0.1, -0.05) is 6.07 Å². The fourth-order valence-corrected chi connectivity index (χ4v) is 3.61. The Labute approximate surface area is 133 Å². The number of benzene rings is 1. The molecule has 1 aliphatic heterocycles. The number of likely N-dealkylation sites (N-methyl/N-ethyl adjacent to an activating group) is 1. The number of nitrogens with zero attached hydrogens (tertiary/aromatic N) is 2. The van der Waals surface area contributed by atoms with Crippen molar-refractivity contribution < 1.29 is 4.48 Å². The van der Waals surface area contributed by atoms with Crippen molar-refractivity contribution >= 4 is 16.6 Å². The Morgan fingerprint density at radius 1 is 1.14 bits per heavy atom. The van der Waals surface area contributed by atoms with E-state index in [2.05, 4.69) is 35.3 Å². The minimum absolute atomic E-state index is 0.867. The first kappa shape index (κ1) is 15.4. The molecule has 1 aromatic heterocycles. The van der Waals surface area contributed by atoms with Gasteiger partial charge in [0.25, 0.3) is 0 Å². The number of anilines is 1. The van der Waals surface area contributed by atoms with E-state index in [1.54, 1.807) is 0 Å². The van der Waals surface area contributed by atoms with Crippen molar-refractivity contribution in [3.8, 4) is 0 Å². The van der Waals surface area contributed by atoms with Crippen LogP contribution in [0.4, 0.5) is 5.69 Å². The first-order valence-electron chi connectivity index (χ1n) is 8.56. The maximum absolute atomic E-state index is 6.01. The summed E-state index contributed by atoms with van der Waals surface area (Å²) >= 11 is 0. The number of fused-ring (bicyclic) bond motifs is 1. The molecule has 1 aliphatic rings. The zero-order valence-electron chi connectivity index (χ0n) is 13.7. The summed E-state index contributed by atoms with van der Waals surface area (Å²) in [5, 5.41) is 4.77. The van der Waals surface area contributed by atoms with Gasteiger partial charge in [0.2, 0.25) is 0 Å². The van der Waals surface area contributed by atoms with E-state index in [1.807, 2.05) is 12.1 Å². The van der Waals surface area contributed by atoms with Gasteiger partial charge < -0.3 is 20.1 Å². The summed E-state index contributed by atoms with van der Waals surface area (Å²) in [6.45, 7) is 7.07. The highest BCUT2D eigenvalue weighted by atomic mass is 15.3. The number of piperidine rings is 1. The first-order valence-corrected chi connectivity index (χ1v) is 8.56. The number of quaternary nitrogens is 1. The molecule has 22 heavy (non-hydrogen) atoms. The number of hydrogen-bond acceptors (Lipinski definition) is 2. The van der Waals surface area contributed by atoms with Crippen molar-refractivity contribution in [3.05, 3.63) is 30.5 Å². The third kappa shape index (κ3) is 3.45. The van der Waals surface area contributed by atoms with Crippen LogP contribution in [0.1, 0.15) is 19.3 Å². The summed E-state index contributed by atoms with van der Waals surface area (Å²) in [5.41, 5.74) is 8.11. The van der Waals surface area contributed by atoms with Crippen LogP contribution in [0.2, 0.25) is 0 Å². The summed E-state index contributed by atoms with van der Waals surface area (Å²) in [4.78, 5) is 0. The number of nitrogens with two attached hydrogens (primary N) is 1. The quantitative estimate of drug-likeness (QED) is 0.489. The third-order valence-electron chi connectivity index (χ3n) is 5.10. The molecule has 0 aliphatic carbocycles. The molecule has 0 atom stereocenters. The molecule has 2 heterocycles. The Morgan fingerprint density at radius 3 is 2.77 bits per heavy atom. The van der Waals surface area contributed by atoms with Gasteiger partial charge in [-0.25, -0.2) is 0 Å². The molecule has 0 amide bonds. The average molecular weight is 301 g/mol. The molecule has 0 radical (unpaired) electrons. The monoisotopic (exact) mass is 301 g/mol. The van der Waals surface area contributed by atoms with Gasteiger partial charge in [0, 0.05) is 36.9 Å². The van der Waals surface area contributed by atoms with E-state index in [9.17, 15) is 0 Å². The van der Waals surface area contributed by atoms with Crippen molar-refractivity contribution in [2.24, 2.45) is 0 Å². The Hall–Kier alpha value is -1.52. The summed E-state index contributed by atoms with van der Waals surface area (Å²) in [6.07, 6.45) is 6.35. The lowest BCUT2D eigenvalue weighted by Gasteiger charge is -2.37. The highest BCUT2D eigenvalue weighted by Crippen LogP contribution is 2.21. The Morgan fingerprint density at radius 2 is 1.95 bits per heavy atom. The minimum Gasteiger partial charge on any atom is -0.398 e. The molecule has 3 rings (SSSR count). The lowest BCUT2D eigenvalue weighted by Crippen LogP contribution is -2.51. The summed E-state index contributed by atoms with van der Waals surface area (Å²) < 4.78 is 3.53. The van der Waals surface area contributed by atoms with Crippen LogP contribution < -0.4 is 11.1 Å². The zero-order chi connectivity index (χ0) is 15.4. The molecule has 2 aromatic rings. The molecular weight excluding hydrogens is 272 g/mol. The summed E-state index contributed by atoms with van der Waals surface area (Å²) in [6, 6.07) is 8.26. The number of likely N-dealkylation sites (tertiary alicyclic amines) is 1. The van der Waals surface area contributed by atoms with Gasteiger partial charge in [-0.2, -0.15) is 0 Å². The van der Waals surface area contributed by atoms with Gasteiger partial charge in [-0.15, -0.1) is 0 Å². The normalized spacial score (nSPS) is 17.9. The molecule has 0 unspecified atom stereocenters. The van der Waals surface area contributed by atoms with Crippen molar-refractivity contribution in [3.63, 3.8) is 0 Å². The van der Waals surface area contributed by atoms with E-state index in [1.165, 1.54) is 48.9 Å².